The van der Waals surface area contributed by atoms with Gasteiger partial charge in [-0.1, -0.05) is 6.92 Å². The molecule has 0 aromatic heterocycles. The first-order valence-corrected chi connectivity index (χ1v) is 5.91. The third-order valence-electron chi connectivity index (χ3n) is 3.02. The molecule has 0 aliphatic heterocycles. The van der Waals surface area contributed by atoms with Crippen LogP contribution in [0.5, 0.6) is 0 Å². The van der Waals surface area contributed by atoms with Crippen LogP contribution in [0.1, 0.15) is 32.8 Å². The third-order valence-corrected chi connectivity index (χ3v) is 3.02. The van der Waals surface area contributed by atoms with Gasteiger partial charge in [0, 0.05) is 23.8 Å². The summed E-state index contributed by atoms with van der Waals surface area (Å²) in [6, 6.07) is 4.76. The second-order valence-electron chi connectivity index (χ2n) is 4.12. The first kappa shape index (κ1) is 13.5. The average Bonchev–Trinajstić information content (AvgIpc) is 2.31. The van der Waals surface area contributed by atoms with Crippen molar-refractivity contribution in [2.75, 3.05) is 11.4 Å². The number of nitrogens with one attached hydrogen (secondary N) is 1. The highest BCUT2D eigenvalue weighted by molar-refractivity contribution is 6.00. The molecule has 1 rings (SSSR count). The summed E-state index contributed by atoms with van der Waals surface area (Å²) in [5.74, 6) is -0.458. The molecule has 0 radical (unpaired) electrons. The van der Waals surface area contributed by atoms with E-state index in [1.54, 1.807) is 6.07 Å². The van der Waals surface area contributed by atoms with Crippen LogP contribution in [0.25, 0.3) is 0 Å². The fraction of sp³-hybridized carbons (Fsp3) is 0.462. The van der Waals surface area contributed by atoms with Crippen molar-refractivity contribution in [3.8, 4) is 0 Å². The Kier molecular flexibility index (Phi) is 4.49. The van der Waals surface area contributed by atoms with Crippen molar-refractivity contribution >= 4 is 11.5 Å². The van der Waals surface area contributed by atoms with Crippen molar-refractivity contribution in [3.05, 3.63) is 29.6 Å². The summed E-state index contributed by atoms with van der Waals surface area (Å²) in [4.78, 5) is 2.14. The molecule has 1 aromatic carbocycles. The van der Waals surface area contributed by atoms with Crippen molar-refractivity contribution in [2.24, 2.45) is 5.73 Å². The Balaban J connectivity index is 3.23. The zero-order valence-corrected chi connectivity index (χ0v) is 10.6. The fourth-order valence-electron chi connectivity index (χ4n) is 1.91. The van der Waals surface area contributed by atoms with Crippen molar-refractivity contribution in [1.29, 1.82) is 5.41 Å². The number of nitrogen functional groups attached to an aromatic ring is 1. The number of amidine groups is 1. The Morgan fingerprint density at radius 1 is 1.47 bits per heavy atom. The van der Waals surface area contributed by atoms with Crippen LogP contribution in [0.3, 0.4) is 0 Å². The maximum absolute atomic E-state index is 13.2. The minimum Gasteiger partial charge on any atom is -0.384 e. The predicted octanol–water partition coefficient (Wildman–Crippen LogP) is 2.73. The molecule has 0 heterocycles. The molecule has 1 atom stereocenters. The van der Waals surface area contributed by atoms with E-state index in [1.165, 1.54) is 12.1 Å². The molecule has 0 aliphatic rings. The van der Waals surface area contributed by atoms with Gasteiger partial charge in [0.05, 0.1) is 0 Å². The summed E-state index contributed by atoms with van der Waals surface area (Å²) >= 11 is 0. The van der Waals surface area contributed by atoms with Gasteiger partial charge in [-0.3, -0.25) is 5.41 Å². The maximum Gasteiger partial charge on any atom is 0.125 e. The van der Waals surface area contributed by atoms with Gasteiger partial charge in [0.2, 0.25) is 0 Å². The number of hydrogen-bond donors (Lipinski definition) is 2. The van der Waals surface area contributed by atoms with Crippen molar-refractivity contribution in [3.63, 3.8) is 0 Å². The van der Waals surface area contributed by atoms with Crippen molar-refractivity contribution < 1.29 is 4.39 Å². The fourth-order valence-corrected chi connectivity index (χ4v) is 1.91. The van der Waals surface area contributed by atoms with E-state index in [0.717, 1.165) is 18.7 Å². The van der Waals surface area contributed by atoms with Crippen LogP contribution in [0, 0.1) is 11.2 Å². The topological polar surface area (TPSA) is 53.1 Å². The summed E-state index contributed by atoms with van der Waals surface area (Å²) in [5.41, 5.74) is 6.80. The van der Waals surface area contributed by atoms with Gasteiger partial charge >= 0.3 is 0 Å². The highest BCUT2D eigenvalue weighted by Gasteiger charge is 2.16. The van der Waals surface area contributed by atoms with E-state index in [9.17, 15) is 4.39 Å². The van der Waals surface area contributed by atoms with Gasteiger partial charge in [-0.05, 0) is 38.5 Å². The Morgan fingerprint density at radius 3 is 2.59 bits per heavy atom. The standard InChI is InChI=1S/C13H20FN3/c1-4-9(3)17(5-2)12-7-6-10(14)8-11(12)13(15)16/h6-9H,4-5H2,1-3H3,(H3,15,16). The van der Waals surface area contributed by atoms with E-state index in [-0.39, 0.29) is 11.7 Å². The smallest absolute Gasteiger partial charge is 0.125 e. The molecule has 4 heteroatoms. The number of hydrogen-bond acceptors (Lipinski definition) is 2. The number of rotatable bonds is 5. The Hall–Kier alpha value is -1.58. The van der Waals surface area contributed by atoms with E-state index in [0.29, 0.717) is 11.6 Å². The van der Waals surface area contributed by atoms with Crippen LogP contribution < -0.4 is 10.6 Å². The zero-order chi connectivity index (χ0) is 13.0. The molecule has 3 nitrogen and oxygen atoms in total. The zero-order valence-electron chi connectivity index (χ0n) is 10.6. The van der Waals surface area contributed by atoms with Gasteiger partial charge in [0.1, 0.15) is 11.7 Å². The summed E-state index contributed by atoms with van der Waals surface area (Å²) in [6.45, 7) is 7.06. The molecular weight excluding hydrogens is 217 g/mol. The van der Waals surface area contributed by atoms with E-state index in [4.69, 9.17) is 11.1 Å². The SMILES string of the molecule is CCC(C)N(CC)c1ccc(F)cc1C(=N)N. The summed E-state index contributed by atoms with van der Waals surface area (Å²) in [6.07, 6.45) is 0.989. The second-order valence-corrected chi connectivity index (χ2v) is 4.12. The second kappa shape index (κ2) is 5.66. The maximum atomic E-state index is 13.2. The van der Waals surface area contributed by atoms with Crippen LogP contribution in [-0.4, -0.2) is 18.4 Å². The highest BCUT2D eigenvalue weighted by Crippen LogP contribution is 2.24. The number of anilines is 1. The predicted molar refractivity (Wildman–Crippen MR) is 70.2 cm³/mol. The van der Waals surface area contributed by atoms with Crippen molar-refractivity contribution in [2.45, 2.75) is 33.2 Å². The molecule has 1 aromatic rings. The van der Waals surface area contributed by atoms with E-state index < -0.39 is 0 Å². The van der Waals surface area contributed by atoms with Gasteiger partial charge in [0.25, 0.3) is 0 Å². The lowest BCUT2D eigenvalue weighted by atomic mass is 10.1. The molecule has 17 heavy (non-hydrogen) atoms. The normalized spacial score (nSPS) is 12.2. The minimum atomic E-state index is -0.362. The van der Waals surface area contributed by atoms with Gasteiger partial charge < -0.3 is 10.6 Å². The number of nitrogens with zero attached hydrogens (tertiary/aromatic N) is 1. The molecule has 0 saturated carbocycles. The molecule has 3 N–H and O–H groups in total. The molecule has 0 fully saturated rings. The largest absolute Gasteiger partial charge is 0.384 e. The minimum absolute atomic E-state index is 0.0961. The lowest BCUT2D eigenvalue weighted by molar-refractivity contribution is 0.617. The number of halogens is 1. The van der Waals surface area contributed by atoms with Crippen LogP contribution in [-0.2, 0) is 0 Å². The first-order valence-electron chi connectivity index (χ1n) is 5.91. The molecule has 0 saturated heterocycles. The lowest BCUT2D eigenvalue weighted by Gasteiger charge is -2.31. The van der Waals surface area contributed by atoms with E-state index in [1.807, 2.05) is 6.92 Å². The Bertz CT molecular complexity index is 404. The van der Waals surface area contributed by atoms with Gasteiger partial charge in [-0.25, -0.2) is 4.39 Å². The van der Waals surface area contributed by atoms with Gasteiger partial charge in [-0.15, -0.1) is 0 Å². The third kappa shape index (κ3) is 2.96. The van der Waals surface area contributed by atoms with Gasteiger partial charge in [0.15, 0.2) is 0 Å². The summed E-state index contributed by atoms with van der Waals surface area (Å²) < 4.78 is 13.2. The molecular formula is C13H20FN3. The van der Waals surface area contributed by atoms with E-state index >= 15 is 0 Å². The lowest BCUT2D eigenvalue weighted by Crippen LogP contribution is -2.34. The van der Waals surface area contributed by atoms with Crippen LogP contribution in [0.2, 0.25) is 0 Å². The summed E-state index contributed by atoms with van der Waals surface area (Å²) in [5, 5.41) is 7.52. The molecule has 0 amide bonds. The number of benzene rings is 1. The molecule has 0 spiro atoms. The summed E-state index contributed by atoms with van der Waals surface area (Å²) in [7, 11) is 0. The van der Waals surface area contributed by atoms with E-state index in [2.05, 4.69) is 18.7 Å². The van der Waals surface area contributed by atoms with Crippen molar-refractivity contribution in [1.82, 2.24) is 0 Å². The van der Waals surface area contributed by atoms with Crippen LogP contribution in [0.4, 0.5) is 10.1 Å². The first-order chi connectivity index (χ1) is 8.01. The van der Waals surface area contributed by atoms with Crippen LogP contribution >= 0.6 is 0 Å². The molecule has 1 unspecified atom stereocenters. The number of nitrogens with two attached hydrogens (primary N) is 1. The highest BCUT2D eigenvalue weighted by atomic mass is 19.1. The molecule has 0 bridgehead atoms. The average molecular weight is 237 g/mol. The Morgan fingerprint density at radius 2 is 2.12 bits per heavy atom. The van der Waals surface area contributed by atoms with Crippen LogP contribution in [0.15, 0.2) is 18.2 Å². The Labute approximate surface area is 102 Å². The molecule has 94 valence electrons. The monoisotopic (exact) mass is 237 g/mol. The van der Waals surface area contributed by atoms with Gasteiger partial charge in [-0.2, -0.15) is 0 Å². The quantitative estimate of drug-likeness (QED) is 0.611. The molecule has 0 aliphatic carbocycles.